The molecule has 0 aliphatic rings. The van der Waals surface area contributed by atoms with E-state index in [1.165, 1.54) is 64.3 Å². The summed E-state index contributed by atoms with van der Waals surface area (Å²) in [6.07, 6.45) is -3.59. The van der Waals surface area contributed by atoms with Gasteiger partial charge in [0.25, 0.3) is 0 Å². The Morgan fingerprint density at radius 3 is 0.727 bits per heavy atom. The summed E-state index contributed by atoms with van der Waals surface area (Å²) in [4.78, 5) is 0. The van der Waals surface area contributed by atoms with Crippen molar-refractivity contribution in [1.82, 2.24) is 0 Å². The normalized spacial score (nSPS) is 12.5. The molecule has 8 rings (SSSR count). The van der Waals surface area contributed by atoms with Crippen LogP contribution in [0.5, 0.6) is 0 Å². The summed E-state index contributed by atoms with van der Waals surface area (Å²) in [5.41, 5.74) is 0. The molecule has 0 N–H and O–H groups in total. The van der Waals surface area contributed by atoms with Crippen molar-refractivity contribution in [1.29, 1.82) is 0 Å². The van der Waals surface area contributed by atoms with Gasteiger partial charge in [0.05, 0.1) is 0 Å². The van der Waals surface area contributed by atoms with Crippen molar-refractivity contribution in [3.05, 3.63) is 170 Å². The molecule has 0 heterocycles. The van der Waals surface area contributed by atoms with Crippen LogP contribution >= 0.6 is 33.1 Å². The van der Waals surface area contributed by atoms with Crippen molar-refractivity contribution in [2.24, 2.45) is 0 Å². The van der Waals surface area contributed by atoms with Crippen molar-refractivity contribution in [3.8, 4) is 0 Å². The van der Waals surface area contributed by atoms with Gasteiger partial charge in [0, 0.05) is 0 Å². The molecule has 0 aliphatic carbocycles. The molecule has 0 saturated heterocycles. The average molecular weight is 639 g/mol. The zero-order chi connectivity index (χ0) is 30.2. The van der Waals surface area contributed by atoms with Crippen molar-refractivity contribution < 1.29 is 0 Å². The zero-order valence-corrected chi connectivity index (χ0v) is 28.7. The molecule has 44 heavy (non-hydrogen) atoms. The Balaban J connectivity index is 0.00000153. The molecule has 8 aromatic carbocycles. The molecule has 0 amide bonds. The molecule has 3 unspecified atom stereocenters. The van der Waals surface area contributed by atoms with Crippen molar-refractivity contribution in [2.45, 2.75) is 0 Å². The average Bonchev–Trinajstić information content (AvgIpc) is 3.11. The van der Waals surface area contributed by atoms with E-state index in [4.69, 9.17) is 0 Å². The fourth-order valence-electron chi connectivity index (χ4n) is 7.23. The summed E-state index contributed by atoms with van der Waals surface area (Å²) in [5.74, 6) is 0. The summed E-state index contributed by atoms with van der Waals surface area (Å²) < 4.78 is 0. The molecule has 0 aliphatic heterocycles. The molecule has 0 aromatic heterocycles. The van der Waals surface area contributed by atoms with E-state index in [2.05, 4.69) is 197 Å². The first-order chi connectivity index (χ1) is 21.7. The van der Waals surface area contributed by atoms with E-state index in [1.807, 2.05) is 0 Å². The van der Waals surface area contributed by atoms with E-state index in [0.717, 1.165) is 0 Å². The van der Waals surface area contributed by atoms with Crippen molar-refractivity contribution in [2.75, 3.05) is 0 Å². The van der Waals surface area contributed by atoms with Gasteiger partial charge in [-0.1, -0.05) is 0 Å². The van der Waals surface area contributed by atoms with Gasteiger partial charge in [-0.25, -0.2) is 0 Å². The van der Waals surface area contributed by atoms with Gasteiger partial charge in [-0.2, -0.15) is 0 Å². The van der Waals surface area contributed by atoms with Crippen LogP contribution in [0.3, 0.4) is 0 Å². The Morgan fingerprint density at radius 1 is 0.273 bits per heavy atom. The predicted molar refractivity (Wildman–Crippen MR) is 210 cm³/mol. The quantitative estimate of drug-likeness (QED) is 0.168. The molecule has 4 heteroatoms. The van der Waals surface area contributed by atoms with E-state index in [0.29, 0.717) is 0 Å². The van der Waals surface area contributed by atoms with Crippen LogP contribution in [0.15, 0.2) is 170 Å². The third-order valence-electron chi connectivity index (χ3n) is 9.07. The Bertz CT molecular complexity index is 1960. The Labute approximate surface area is 266 Å². The second-order valence-corrected chi connectivity index (χ2v) is 18.6. The molecule has 0 bridgehead atoms. The Kier molecular flexibility index (Phi) is 7.84. The first-order valence-electron chi connectivity index (χ1n) is 14.8. The molecule has 8 aromatic rings. The predicted octanol–water partition coefficient (Wildman–Crippen LogP) is 9.90. The van der Waals surface area contributed by atoms with E-state index < -0.39 is 6.29 Å². The van der Waals surface area contributed by atoms with Gasteiger partial charge < -0.3 is 0 Å². The molecule has 0 saturated carbocycles. The van der Waals surface area contributed by atoms with Gasteiger partial charge >= 0.3 is 249 Å². The molecule has 0 fully saturated rings. The summed E-state index contributed by atoms with van der Waals surface area (Å²) in [5, 5.41) is 15.7. The maximum atomic E-state index is 3.65. The fraction of sp³-hybridized carbons (Fsp3) is 0. The minimum absolute atomic E-state index is 1.26. The molecule has 214 valence electrons. The molecule has 0 nitrogen and oxygen atoms in total. The maximum absolute atomic E-state index is 3.65. The SMILES string of the molecule is PP.PP(c1cccc2ccccc12)(c1cccc2ccccc12)(c1cccc2ccccc12)c1cccc2ccccc12. The standard InChI is InChI=1S/C40H30P2.H4P2/c41-42(37-25-9-17-29-13-1-5-21-33(29)37,38-26-10-18-30-14-2-6-22-34(30)38,39-27-11-19-31-15-3-7-23-35(31)39)40-28-12-20-32-16-4-8-24-36(32)40;1-2/h1-28H,41H2;1-2H2. The van der Waals surface area contributed by atoms with E-state index in [-0.39, 0.29) is 0 Å². The number of benzene rings is 8. The second kappa shape index (κ2) is 11.8. The van der Waals surface area contributed by atoms with Crippen LogP contribution in [0.2, 0.25) is 0 Å². The van der Waals surface area contributed by atoms with Gasteiger partial charge in [0.15, 0.2) is 0 Å². The first kappa shape index (κ1) is 29.2. The summed E-state index contributed by atoms with van der Waals surface area (Å²) >= 11 is 0. The summed E-state index contributed by atoms with van der Waals surface area (Å²) in [6, 6.07) is 63.2. The van der Waals surface area contributed by atoms with E-state index >= 15 is 0 Å². The van der Waals surface area contributed by atoms with E-state index in [1.54, 1.807) is 0 Å². The van der Waals surface area contributed by atoms with E-state index in [9.17, 15) is 0 Å². The number of rotatable bonds is 4. The van der Waals surface area contributed by atoms with Gasteiger partial charge in [-0.15, -0.1) is 17.9 Å². The van der Waals surface area contributed by atoms with Crippen LogP contribution in [0.25, 0.3) is 43.1 Å². The van der Waals surface area contributed by atoms with Gasteiger partial charge in [0.1, 0.15) is 0 Å². The second-order valence-electron chi connectivity index (χ2n) is 11.2. The van der Waals surface area contributed by atoms with Gasteiger partial charge in [0.2, 0.25) is 0 Å². The zero-order valence-electron chi connectivity index (χ0n) is 24.3. The van der Waals surface area contributed by atoms with Crippen LogP contribution < -0.4 is 21.2 Å². The molecular formula is C40H34P4. The number of hydrogen-bond donors (Lipinski definition) is 0. The van der Waals surface area contributed by atoms with Crippen molar-refractivity contribution in [3.63, 3.8) is 0 Å². The third kappa shape index (κ3) is 4.28. The van der Waals surface area contributed by atoms with Gasteiger partial charge in [-0.05, 0) is 0 Å². The summed E-state index contributed by atoms with van der Waals surface area (Å²) in [6.45, 7) is 0. The van der Waals surface area contributed by atoms with Crippen molar-refractivity contribution >= 4 is 97.4 Å². The number of hydrogen-bond acceptors (Lipinski definition) is 0. The molecular weight excluding hydrogens is 604 g/mol. The molecule has 0 radical (unpaired) electrons. The van der Waals surface area contributed by atoms with Gasteiger partial charge in [-0.3, -0.25) is 0 Å². The van der Waals surface area contributed by atoms with Crippen LogP contribution in [0.1, 0.15) is 0 Å². The third-order valence-corrected chi connectivity index (χ3v) is 18.0. The first-order valence-corrected chi connectivity index (χ1v) is 21.3. The Morgan fingerprint density at radius 2 is 0.477 bits per heavy atom. The summed E-state index contributed by atoms with van der Waals surface area (Å²) in [7, 11) is 8.32. The monoisotopic (exact) mass is 638 g/mol. The minimum atomic E-state index is -3.59. The molecule has 0 spiro atoms. The number of fused-ring (bicyclic) bond motifs is 4. The van der Waals surface area contributed by atoms with Crippen LogP contribution in [0, 0.1) is 0 Å². The topological polar surface area (TPSA) is 0 Å². The van der Waals surface area contributed by atoms with Crippen LogP contribution in [-0.2, 0) is 0 Å². The molecule has 3 atom stereocenters. The van der Waals surface area contributed by atoms with Crippen LogP contribution in [-0.4, -0.2) is 0 Å². The Hall–Kier alpha value is -3.48. The fourth-order valence-corrected chi connectivity index (χ4v) is 15.9. The van der Waals surface area contributed by atoms with Crippen LogP contribution in [0.4, 0.5) is 0 Å².